The second-order valence-electron chi connectivity index (χ2n) is 7.78. The van der Waals surface area contributed by atoms with E-state index in [0.717, 1.165) is 29.8 Å². The Morgan fingerprint density at radius 1 is 1.28 bits per heavy atom. The number of anilines is 1. The summed E-state index contributed by atoms with van der Waals surface area (Å²) in [5.74, 6) is -0.915. The Balaban J connectivity index is 1.36. The predicted octanol–water partition coefficient (Wildman–Crippen LogP) is 3.55. The van der Waals surface area contributed by atoms with E-state index in [4.69, 9.17) is 4.74 Å². The van der Waals surface area contributed by atoms with Gasteiger partial charge in [-0.05, 0) is 51.2 Å². The number of carbonyl (C=O) groups excluding carboxylic acids is 3. The van der Waals surface area contributed by atoms with Gasteiger partial charge in [-0.3, -0.25) is 14.5 Å². The highest BCUT2D eigenvalue weighted by molar-refractivity contribution is 8.02. The number of ether oxygens (including phenoxy) is 1. The molecular formula is C22H26N2O4S. The van der Waals surface area contributed by atoms with Gasteiger partial charge >= 0.3 is 5.97 Å². The third-order valence-electron chi connectivity index (χ3n) is 5.78. The summed E-state index contributed by atoms with van der Waals surface area (Å²) < 4.78 is 5.54. The highest BCUT2D eigenvalue weighted by atomic mass is 32.2. The Morgan fingerprint density at radius 3 is 2.90 bits per heavy atom. The molecular weight excluding hydrogens is 388 g/mol. The van der Waals surface area contributed by atoms with Crippen LogP contribution in [-0.2, 0) is 19.1 Å². The lowest BCUT2D eigenvalue weighted by atomic mass is 9.97. The first kappa shape index (κ1) is 20.0. The summed E-state index contributed by atoms with van der Waals surface area (Å²) >= 11 is 1.35. The second-order valence-corrected chi connectivity index (χ2v) is 9.10. The summed E-state index contributed by atoms with van der Waals surface area (Å²) in [7, 11) is 0. The van der Waals surface area contributed by atoms with Crippen molar-refractivity contribution in [1.82, 2.24) is 5.32 Å². The van der Waals surface area contributed by atoms with Crippen molar-refractivity contribution in [1.29, 1.82) is 0 Å². The molecule has 2 aliphatic heterocycles. The fraction of sp³-hybridized carbons (Fsp3) is 0.500. The number of nitrogens with one attached hydrogen (secondary N) is 1. The lowest BCUT2D eigenvalue weighted by Crippen LogP contribution is -2.50. The van der Waals surface area contributed by atoms with Crippen molar-refractivity contribution in [3.05, 3.63) is 35.9 Å². The van der Waals surface area contributed by atoms with E-state index < -0.39 is 16.9 Å². The molecule has 29 heavy (non-hydrogen) atoms. The highest BCUT2D eigenvalue weighted by Gasteiger charge is 2.58. The molecule has 1 aromatic rings. The summed E-state index contributed by atoms with van der Waals surface area (Å²) in [4.78, 5) is 39.3. The number of fused-ring (bicyclic) bond motifs is 3. The Morgan fingerprint density at radius 2 is 2.10 bits per heavy atom. The molecule has 1 aliphatic carbocycles. The van der Waals surface area contributed by atoms with Gasteiger partial charge in [0.25, 0.3) is 5.91 Å². The van der Waals surface area contributed by atoms with Crippen molar-refractivity contribution in [3.8, 4) is 0 Å². The van der Waals surface area contributed by atoms with E-state index in [1.807, 2.05) is 24.3 Å². The van der Waals surface area contributed by atoms with Gasteiger partial charge in [0.1, 0.15) is 0 Å². The van der Waals surface area contributed by atoms with E-state index in [1.54, 1.807) is 11.8 Å². The van der Waals surface area contributed by atoms with Gasteiger partial charge in [0, 0.05) is 24.3 Å². The smallest absolute Gasteiger partial charge is 0.344 e. The number of hydrogen-bond acceptors (Lipinski definition) is 5. The second kappa shape index (κ2) is 8.22. The minimum atomic E-state index is -1.10. The van der Waals surface area contributed by atoms with Crippen LogP contribution in [0.3, 0.4) is 0 Å². The number of hydrogen-bond donors (Lipinski definition) is 1. The van der Waals surface area contributed by atoms with Crippen molar-refractivity contribution in [2.45, 2.75) is 67.7 Å². The van der Waals surface area contributed by atoms with E-state index in [1.165, 1.54) is 30.2 Å². The molecule has 6 nitrogen and oxygen atoms in total. The third-order valence-corrected chi connectivity index (χ3v) is 7.23. The maximum absolute atomic E-state index is 13.1. The molecule has 0 bridgehead atoms. The molecule has 1 aromatic carbocycles. The Hall–Kier alpha value is -2.28. The van der Waals surface area contributed by atoms with Crippen LogP contribution in [0.2, 0.25) is 0 Å². The minimum Gasteiger partial charge on any atom is -0.450 e. The van der Waals surface area contributed by atoms with Gasteiger partial charge in [0.05, 0.1) is 5.69 Å². The van der Waals surface area contributed by atoms with Crippen LogP contribution in [0.25, 0.3) is 0 Å². The highest BCUT2D eigenvalue weighted by Crippen LogP contribution is 2.56. The summed E-state index contributed by atoms with van der Waals surface area (Å²) in [5.41, 5.74) is 2.13. The van der Waals surface area contributed by atoms with Crippen LogP contribution in [0.5, 0.6) is 0 Å². The van der Waals surface area contributed by atoms with Crippen molar-refractivity contribution in [3.63, 3.8) is 0 Å². The van der Waals surface area contributed by atoms with Crippen LogP contribution in [0.1, 0.15) is 51.9 Å². The monoisotopic (exact) mass is 414 g/mol. The molecule has 0 saturated carbocycles. The van der Waals surface area contributed by atoms with E-state index in [9.17, 15) is 14.4 Å². The number of carbonyl (C=O) groups is 3. The maximum atomic E-state index is 13.1. The van der Waals surface area contributed by atoms with Crippen LogP contribution in [0.15, 0.2) is 40.8 Å². The van der Waals surface area contributed by atoms with Crippen LogP contribution in [0, 0.1) is 0 Å². The standard InChI is InChI=1S/C22H26N2O4S/c1-15(20(26)23-14-12-16-7-3-2-4-8-16)28-21(27)22-13-11-19(25)24(22)17-9-5-6-10-18(17)29-22/h5-7,9-10,15H,2-4,8,11-14H2,1H3,(H,23,26)/t15-,22-/m1/s1. The SMILES string of the molecule is C[C@@H](OC(=O)[C@]12CCC(=O)N1c1ccccc1S2)C(=O)NCCC1=CCCCC1. The summed E-state index contributed by atoms with van der Waals surface area (Å²) in [6.07, 6.45) is 7.55. The molecule has 0 radical (unpaired) electrons. The number of para-hydroxylation sites is 1. The Bertz CT molecular complexity index is 868. The zero-order valence-electron chi connectivity index (χ0n) is 16.6. The van der Waals surface area contributed by atoms with Gasteiger partial charge in [0.15, 0.2) is 11.0 Å². The van der Waals surface area contributed by atoms with Gasteiger partial charge < -0.3 is 10.1 Å². The third kappa shape index (κ3) is 3.80. The molecule has 4 rings (SSSR count). The maximum Gasteiger partial charge on any atom is 0.344 e. The van der Waals surface area contributed by atoms with Gasteiger partial charge in [-0.2, -0.15) is 0 Å². The van der Waals surface area contributed by atoms with Gasteiger partial charge in [-0.25, -0.2) is 4.79 Å². The van der Waals surface area contributed by atoms with Gasteiger partial charge in [0.2, 0.25) is 5.91 Å². The molecule has 1 saturated heterocycles. The van der Waals surface area contributed by atoms with Crippen LogP contribution in [-0.4, -0.2) is 35.3 Å². The first-order chi connectivity index (χ1) is 14.0. The predicted molar refractivity (Wildman–Crippen MR) is 111 cm³/mol. The number of nitrogens with zero attached hydrogens (tertiary/aromatic N) is 1. The molecule has 0 spiro atoms. The van der Waals surface area contributed by atoms with Gasteiger partial charge in [-0.1, -0.05) is 35.5 Å². The molecule has 3 aliphatic rings. The van der Waals surface area contributed by atoms with Crippen molar-refractivity contribution < 1.29 is 19.1 Å². The van der Waals surface area contributed by atoms with Crippen molar-refractivity contribution >= 4 is 35.2 Å². The number of benzene rings is 1. The Labute approximate surface area is 175 Å². The van der Waals surface area contributed by atoms with Crippen molar-refractivity contribution in [2.24, 2.45) is 0 Å². The summed E-state index contributed by atoms with van der Waals surface area (Å²) in [5, 5.41) is 2.86. The number of amides is 2. The molecule has 1 N–H and O–H groups in total. The van der Waals surface area contributed by atoms with E-state index in [2.05, 4.69) is 11.4 Å². The molecule has 154 valence electrons. The van der Waals surface area contributed by atoms with Gasteiger partial charge in [-0.15, -0.1) is 0 Å². The van der Waals surface area contributed by atoms with E-state index in [-0.39, 0.29) is 11.8 Å². The largest absolute Gasteiger partial charge is 0.450 e. The van der Waals surface area contributed by atoms with E-state index in [0.29, 0.717) is 19.4 Å². The van der Waals surface area contributed by atoms with Crippen LogP contribution >= 0.6 is 11.8 Å². The molecule has 2 atom stereocenters. The summed E-state index contributed by atoms with van der Waals surface area (Å²) in [6.45, 7) is 2.13. The topological polar surface area (TPSA) is 75.7 Å². The quantitative estimate of drug-likeness (QED) is 0.569. The van der Waals surface area contributed by atoms with E-state index >= 15 is 0 Å². The average molecular weight is 415 g/mol. The lowest BCUT2D eigenvalue weighted by Gasteiger charge is -2.29. The van der Waals surface area contributed by atoms with Crippen LogP contribution in [0.4, 0.5) is 5.69 Å². The molecule has 1 fully saturated rings. The molecule has 0 unspecified atom stereocenters. The molecule has 2 amide bonds. The number of allylic oxidation sites excluding steroid dienone is 1. The minimum absolute atomic E-state index is 0.0859. The summed E-state index contributed by atoms with van der Waals surface area (Å²) in [6, 6.07) is 7.48. The number of thioether (sulfide) groups is 1. The fourth-order valence-corrected chi connectivity index (χ4v) is 5.60. The molecule has 2 heterocycles. The lowest BCUT2D eigenvalue weighted by molar-refractivity contribution is -0.157. The van der Waals surface area contributed by atoms with Crippen molar-refractivity contribution in [2.75, 3.05) is 11.4 Å². The first-order valence-electron chi connectivity index (χ1n) is 10.3. The average Bonchev–Trinajstić information content (AvgIpc) is 3.24. The first-order valence-corrected chi connectivity index (χ1v) is 11.1. The fourth-order valence-electron chi connectivity index (χ4n) is 4.20. The molecule has 0 aromatic heterocycles. The molecule has 7 heteroatoms. The van der Waals surface area contributed by atoms with Crippen LogP contribution < -0.4 is 10.2 Å². The Kier molecular flexibility index (Phi) is 5.67. The number of rotatable bonds is 6. The zero-order valence-corrected chi connectivity index (χ0v) is 17.4. The zero-order chi connectivity index (χ0) is 20.4. The number of esters is 1. The normalized spacial score (nSPS) is 23.8.